The number of amides is 1. The largest absolute Gasteiger partial charge is 0.388 e. The van der Waals surface area contributed by atoms with Gasteiger partial charge in [0.25, 0.3) is 0 Å². The number of carbonyl (C=O) groups is 1. The van der Waals surface area contributed by atoms with Crippen LogP contribution in [0.5, 0.6) is 0 Å². The molecule has 25 heavy (non-hydrogen) atoms. The van der Waals surface area contributed by atoms with Crippen LogP contribution >= 0.6 is 0 Å². The van der Waals surface area contributed by atoms with Crippen LogP contribution in [0.15, 0.2) is 48.5 Å². The molecule has 1 amide bonds. The molecule has 0 heterocycles. The van der Waals surface area contributed by atoms with E-state index in [1.165, 1.54) is 11.1 Å². The van der Waals surface area contributed by atoms with Gasteiger partial charge in [0.05, 0.1) is 6.10 Å². The van der Waals surface area contributed by atoms with Gasteiger partial charge in [-0.05, 0) is 56.1 Å². The molecule has 0 fully saturated rings. The molecule has 0 spiro atoms. The summed E-state index contributed by atoms with van der Waals surface area (Å²) in [6, 6.07) is 15.6. The monoisotopic (exact) mass is 340 g/mol. The average Bonchev–Trinajstić information content (AvgIpc) is 2.61. The molecular formula is C21H28N2O2. The molecule has 0 aliphatic rings. The fraction of sp³-hybridized carbons (Fsp3) is 0.381. The lowest BCUT2D eigenvalue weighted by atomic mass is 10.1. The molecule has 0 unspecified atom stereocenters. The van der Waals surface area contributed by atoms with Gasteiger partial charge in [0, 0.05) is 25.2 Å². The molecule has 0 saturated heterocycles. The van der Waals surface area contributed by atoms with Crippen molar-refractivity contribution in [1.82, 2.24) is 4.90 Å². The molecule has 0 aliphatic heterocycles. The number of aryl methyl sites for hydroxylation is 2. The first-order valence-corrected chi connectivity index (χ1v) is 8.74. The number of benzene rings is 2. The fourth-order valence-electron chi connectivity index (χ4n) is 2.63. The molecule has 0 radical (unpaired) electrons. The Labute approximate surface area is 150 Å². The lowest BCUT2D eigenvalue weighted by Crippen LogP contribution is -2.26. The van der Waals surface area contributed by atoms with Crippen LogP contribution in [-0.4, -0.2) is 36.1 Å². The second-order valence-corrected chi connectivity index (χ2v) is 6.62. The van der Waals surface area contributed by atoms with Crippen molar-refractivity contribution in [2.45, 2.75) is 32.8 Å². The smallest absolute Gasteiger partial charge is 0.225 e. The predicted octanol–water partition coefficient (Wildman–Crippen LogP) is 3.69. The van der Waals surface area contributed by atoms with Crippen molar-refractivity contribution in [2.24, 2.45) is 0 Å². The number of rotatable bonds is 8. The molecule has 2 rings (SSSR count). The lowest BCUT2D eigenvalue weighted by molar-refractivity contribution is -0.116. The van der Waals surface area contributed by atoms with Crippen LogP contribution in [0.4, 0.5) is 5.69 Å². The topological polar surface area (TPSA) is 52.6 Å². The molecule has 4 heteroatoms. The van der Waals surface area contributed by atoms with Gasteiger partial charge in [0.1, 0.15) is 0 Å². The maximum absolute atomic E-state index is 12.1. The van der Waals surface area contributed by atoms with Crippen molar-refractivity contribution >= 4 is 11.6 Å². The minimum absolute atomic E-state index is 0.0127. The Kier molecular flexibility index (Phi) is 7.16. The van der Waals surface area contributed by atoms with Crippen molar-refractivity contribution < 1.29 is 9.90 Å². The summed E-state index contributed by atoms with van der Waals surface area (Å²) in [6.45, 7) is 5.50. The highest BCUT2D eigenvalue weighted by atomic mass is 16.3. The number of aliphatic hydroxyl groups excluding tert-OH is 1. The molecule has 2 N–H and O–H groups in total. The van der Waals surface area contributed by atoms with Crippen LogP contribution in [0.2, 0.25) is 0 Å². The minimum Gasteiger partial charge on any atom is -0.388 e. The van der Waals surface area contributed by atoms with Crippen LogP contribution < -0.4 is 5.32 Å². The minimum atomic E-state index is -0.465. The van der Waals surface area contributed by atoms with E-state index in [1.807, 2.05) is 62.5 Å². The van der Waals surface area contributed by atoms with E-state index in [0.29, 0.717) is 19.4 Å². The third-order valence-corrected chi connectivity index (χ3v) is 4.48. The van der Waals surface area contributed by atoms with Gasteiger partial charge in [-0.1, -0.05) is 36.4 Å². The van der Waals surface area contributed by atoms with Crippen LogP contribution in [-0.2, 0) is 4.79 Å². The summed E-state index contributed by atoms with van der Waals surface area (Å²) in [5, 5.41) is 13.1. The van der Waals surface area contributed by atoms with Gasteiger partial charge >= 0.3 is 0 Å². The molecule has 134 valence electrons. The molecule has 0 saturated carbocycles. The highest BCUT2D eigenvalue weighted by Gasteiger charge is 2.10. The van der Waals surface area contributed by atoms with E-state index in [4.69, 9.17) is 0 Å². The van der Waals surface area contributed by atoms with Gasteiger partial charge in [-0.15, -0.1) is 0 Å². The Balaban J connectivity index is 1.71. The zero-order chi connectivity index (χ0) is 18.2. The molecule has 2 aromatic rings. The Hall–Kier alpha value is -2.17. The number of aliphatic hydroxyl groups is 1. The van der Waals surface area contributed by atoms with Gasteiger partial charge in [-0.3, -0.25) is 4.79 Å². The van der Waals surface area contributed by atoms with Crippen molar-refractivity contribution in [2.75, 3.05) is 25.5 Å². The zero-order valence-corrected chi connectivity index (χ0v) is 15.3. The summed E-state index contributed by atoms with van der Waals surface area (Å²) < 4.78 is 0. The number of hydrogen-bond acceptors (Lipinski definition) is 3. The standard InChI is InChI=1S/C21H28N2O2/c1-16-9-10-19(15-17(16)2)22-21(25)12-14-23(3)13-11-20(24)18-7-5-4-6-8-18/h4-10,15,20,24H,11-14H2,1-3H3,(H,22,25)/t20-/m0/s1. The van der Waals surface area contributed by atoms with Crippen molar-refractivity contribution in [3.8, 4) is 0 Å². The summed E-state index contributed by atoms with van der Waals surface area (Å²) in [4.78, 5) is 14.2. The number of hydrogen-bond donors (Lipinski definition) is 2. The van der Waals surface area contributed by atoms with Crippen LogP contribution in [0.1, 0.15) is 35.6 Å². The Morgan fingerprint density at radius 1 is 1.08 bits per heavy atom. The van der Waals surface area contributed by atoms with E-state index in [9.17, 15) is 9.90 Å². The summed E-state index contributed by atoms with van der Waals surface area (Å²) in [5.41, 5.74) is 4.16. The van der Waals surface area contributed by atoms with Crippen molar-refractivity contribution in [3.05, 3.63) is 65.2 Å². The Morgan fingerprint density at radius 3 is 2.48 bits per heavy atom. The third kappa shape index (κ3) is 6.33. The molecule has 2 aromatic carbocycles. The number of nitrogens with one attached hydrogen (secondary N) is 1. The molecule has 1 atom stereocenters. The molecular weight excluding hydrogens is 312 g/mol. The number of carbonyl (C=O) groups excluding carboxylic acids is 1. The quantitative estimate of drug-likeness (QED) is 0.770. The maximum Gasteiger partial charge on any atom is 0.225 e. The van der Waals surface area contributed by atoms with Gasteiger partial charge in [0.2, 0.25) is 5.91 Å². The van der Waals surface area contributed by atoms with Gasteiger partial charge in [0.15, 0.2) is 0 Å². The zero-order valence-electron chi connectivity index (χ0n) is 15.3. The Morgan fingerprint density at radius 2 is 1.80 bits per heavy atom. The van der Waals surface area contributed by atoms with Gasteiger partial charge in [-0.25, -0.2) is 0 Å². The average molecular weight is 340 g/mol. The molecule has 0 bridgehead atoms. The summed E-state index contributed by atoms with van der Waals surface area (Å²) in [7, 11) is 1.97. The van der Waals surface area contributed by atoms with Crippen LogP contribution in [0.25, 0.3) is 0 Å². The van der Waals surface area contributed by atoms with E-state index >= 15 is 0 Å². The Bertz CT molecular complexity index is 686. The molecule has 4 nitrogen and oxygen atoms in total. The molecule has 0 aromatic heterocycles. The second-order valence-electron chi connectivity index (χ2n) is 6.62. The SMILES string of the molecule is Cc1ccc(NC(=O)CCN(C)CC[C@H](O)c2ccccc2)cc1C. The van der Waals surface area contributed by atoms with Crippen molar-refractivity contribution in [1.29, 1.82) is 0 Å². The second kappa shape index (κ2) is 9.35. The normalized spacial score (nSPS) is 12.2. The highest BCUT2D eigenvalue weighted by Crippen LogP contribution is 2.16. The van der Waals surface area contributed by atoms with Gasteiger partial charge < -0.3 is 15.3 Å². The first-order valence-electron chi connectivity index (χ1n) is 8.74. The number of anilines is 1. The van der Waals surface area contributed by atoms with E-state index in [-0.39, 0.29) is 5.91 Å². The third-order valence-electron chi connectivity index (χ3n) is 4.48. The predicted molar refractivity (Wildman–Crippen MR) is 103 cm³/mol. The first kappa shape index (κ1) is 19.2. The van der Waals surface area contributed by atoms with Crippen molar-refractivity contribution in [3.63, 3.8) is 0 Å². The highest BCUT2D eigenvalue weighted by molar-refractivity contribution is 5.90. The number of nitrogens with zero attached hydrogens (tertiary/aromatic N) is 1. The van der Waals surface area contributed by atoms with Gasteiger partial charge in [-0.2, -0.15) is 0 Å². The van der Waals surface area contributed by atoms with E-state index in [0.717, 1.165) is 17.8 Å². The van der Waals surface area contributed by atoms with E-state index < -0.39 is 6.10 Å². The summed E-state index contributed by atoms with van der Waals surface area (Å²) in [6.07, 6.45) is 0.623. The summed E-state index contributed by atoms with van der Waals surface area (Å²) in [5.74, 6) is 0.0127. The van der Waals surface area contributed by atoms with E-state index in [2.05, 4.69) is 17.1 Å². The van der Waals surface area contributed by atoms with Crippen LogP contribution in [0.3, 0.4) is 0 Å². The molecule has 0 aliphatic carbocycles. The fourth-order valence-corrected chi connectivity index (χ4v) is 2.63. The first-order chi connectivity index (χ1) is 12.0. The summed E-state index contributed by atoms with van der Waals surface area (Å²) >= 11 is 0. The maximum atomic E-state index is 12.1. The lowest BCUT2D eigenvalue weighted by Gasteiger charge is -2.19. The van der Waals surface area contributed by atoms with Crippen LogP contribution in [0, 0.1) is 13.8 Å². The van der Waals surface area contributed by atoms with E-state index in [1.54, 1.807) is 0 Å².